The van der Waals surface area contributed by atoms with Gasteiger partial charge in [0.2, 0.25) is 0 Å². The number of thiophene rings is 1. The summed E-state index contributed by atoms with van der Waals surface area (Å²) in [6.07, 6.45) is 3.13. The van der Waals surface area contributed by atoms with Crippen LogP contribution < -0.4 is 0 Å². The highest BCUT2D eigenvalue weighted by Gasteiger charge is 2.03. The molecular formula is C11H13NS. The van der Waals surface area contributed by atoms with Gasteiger partial charge in [-0.25, -0.2) is 0 Å². The van der Waals surface area contributed by atoms with Crippen molar-refractivity contribution in [3.63, 3.8) is 0 Å². The van der Waals surface area contributed by atoms with Gasteiger partial charge in [0, 0.05) is 4.88 Å². The van der Waals surface area contributed by atoms with Crippen LogP contribution in [0.4, 0.5) is 0 Å². The van der Waals surface area contributed by atoms with Crippen molar-refractivity contribution in [2.24, 2.45) is 5.92 Å². The van der Waals surface area contributed by atoms with Crippen LogP contribution in [0.15, 0.2) is 23.6 Å². The van der Waals surface area contributed by atoms with Gasteiger partial charge in [0.25, 0.3) is 0 Å². The van der Waals surface area contributed by atoms with Crippen LogP contribution in [-0.2, 0) is 0 Å². The molecule has 0 radical (unpaired) electrons. The van der Waals surface area contributed by atoms with E-state index in [-0.39, 0.29) is 0 Å². The predicted octanol–water partition coefficient (Wildman–Crippen LogP) is 3.70. The Balaban J connectivity index is 2.87. The average Bonchev–Trinajstić information content (AvgIpc) is 2.66. The third-order valence-electron chi connectivity index (χ3n) is 2.00. The summed E-state index contributed by atoms with van der Waals surface area (Å²) in [6, 6.07) is 6.20. The van der Waals surface area contributed by atoms with E-state index in [0.29, 0.717) is 5.92 Å². The summed E-state index contributed by atoms with van der Waals surface area (Å²) in [5.41, 5.74) is 0.810. The Labute approximate surface area is 83.3 Å². The van der Waals surface area contributed by atoms with E-state index in [0.717, 1.165) is 16.9 Å². The first-order valence-corrected chi connectivity index (χ1v) is 5.31. The van der Waals surface area contributed by atoms with Crippen LogP contribution >= 0.6 is 11.3 Å². The van der Waals surface area contributed by atoms with Gasteiger partial charge in [-0.2, -0.15) is 5.26 Å². The Hall–Kier alpha value is -1.07. The lowest BCUT2D eigenvalue weighted by Gasteiger charge is -2.01. The zero-order valence-corrected chi connectivity index (χ0v) is 8.77. The van der Waals surface area contributed by atoms with Crippen molar-refractivity contribution in [1.29, 1.82) is 5.26 Å². The van der Waals surface area contributed by atoms with Crippen molar-refractivity contribution in [1.82, 2.24) is 0 Å². The van der Waals surface area contributed by atoms with Crippen molar-refractivity contribution in [3.05, 3.63) is 28.5 Å². The van der Waals surface area contributed by atoms with E-state index in [4.69, 9.17) is 5.26 Å². The van der Waals surface area contributed by atoms with Crippen molar-refractivity contribution >= 4 is 16.9 Å². The summed E-state index contributed by atoms with van der Waals surface area (Å²) in [4.78, 5) is 1.07. The molecule has 0 N–H and O–H groups in total. The molecule has 0 saturated carbocycles. The van der Waals surface area contributed by atoms with Crippen LogP contribution in [-0.4, -0.2) is 0 Å². The fourth-order valence-electron chi connectivity index (χ4n) is 1.01. The van der Waals surface area contributed by atoms with Crippen LogP contribution in [0, 0.1) is 17.2 Å². The van der Waals surface area contributed by atoms with Gasteiger partial charge >= 0.3 is 0 Å². The molecule has 0 fully saturated rings. The summed E-state index contributed by atoms with van der Waals surface area (Å²) in [7, 11) is 0. The van der Waals surface area contributed by atoms with Crippen molar-refractivity contribution in [2.75, 3.05) is 0 Å². The Morgan fingerprint density at radius 1 is 1.77 bits per heavy atom. The fourth-order valence-corrected chi connectivity index (χ4v) is 1.71. The average molecular weight is 191 g/mol. The van der Waals surface area contributed by atoms with E-state index < -0.39 is 0 Å². The third-order valence-corrected chi connectivity index (χ3v) is 2.91. The summed E-state index contributed by atoms with van der Waals surface area (Å²) in [5.74, 6) is 0.483. The maximum Gasteiger partial charge on any atom is 0.100 e. The van der Waals surface area contributed by atoms with Gasteiger partial charge in [-0.1, -0.05) is 32.4 Å². The Kier molecular flexibility index (Phi) is 3.72. The summed E-state index contributed by atoms with van der Waals surface area (Å²) in [5, 5.41) is 10.9. The molecule has 0 saturated heterocycles. The molecule has 1 atom stereocenters. The molecule has 0 spiro atoms. The minimum atomic E-state index is 0.483. The second kappa shape index (κ2) is 4.84. The van der Waals surface area contributed by atoms with Crippen LogP contribution in [0.25, 0.3) is 5.57 Å². The minimum absolute atomic E-state index is 0.483. The zero-order chi connectivity index (χ0) is 9.68. The molecule has 0 aromatic carbocycles. The smallest absolute Gasteiger partial charge is 0.100 e. The number of hydrogen-bond acceptors (Lipinski definition) is 2. The van der Waals surface area contributed by atoms with Gasteiger partial charge < -0.3 is 0 Å². The van der Waals surface area contributed by atoms with E-state index in [1.807, 2.05) is 23.6 Å². The summed E-state index contributed by atoms with van der Waals surface area (Å²) in [6.45, 7) is 4.26. The lowest BCUT2D eigenvalue weighted by Crippen LogP contribution is -1.87. The van der Waals surface area contributed by atoms with Crippen molar-refractivity contribution in [2.45, 2.75) is 20.3 Å². The SMILES string of the molecule is CCC(C)/C=C(\C#N)c1cccs1. The lowest BCUT2D eigenvalue weighted by molar-refractivity contribution is 0.700. The number of nitrogens with zero attached hydrogens (tertiary/aromatic N) is 1. The Morgan fingerprint density at radius 3 is 3.00 bits per heavy atom. The van der Waals surface area contributed by atoms with E-state index in [2.05, 4.69) is 19.9 Å². The van der Waals surface area contributed by atoms with Gasteiger partial charge in [-0.05, 0) is 17.4 Å². The first-order chi connectivity index (χ1) is 6.27. The van der Waals surface area contributed by atoms with Crippen LogP contribution in [0.2, 0.25) is 0 Å². The van der Waals surface area contributed by atoms with Gasteiger partial charge in [-0.15, -0.1) is 11.3 Å². The fraction of sp³-hybridized carbons (Fsp3) is 0.364. The largest absolute Gasteiger partial charge is 0.192 e. The monoisotopic (exact) mass is 191 g/mol. The zero-order valence-electron chi connectivity index (χ0n) is 7.95. The molecule has 1 rings (SSSR count). The molecule has 1 aromatic heterocycles. The number of hydrogen-bond donors (Lipinski definition) is 0. The molecule has 0 aliphatic rings. The molecule has 0 aliphatic carbocycles. The summed E-state index contributed by atoms with van der Waals surface area (Å²) < 4.78 is 0. The quantitative estimate of drug-likeness (QED) is 0.668. The van der Waals surface area contributed by atoms with Gasteiger partial charge in [-0.3, -0.25) is 0 Å². The van der Waals surface area contributed by atoms with Gasteiger partial charge in [0.1, 0.15) is 6.07 Å². The molecule has 0 amide bonds. The third kappa shape index (κ3) is 2.71. The van der Waals surface area contributed by atoms with Crippen LogP contribution in [0.1, 0.15) is 25.1 Å². The molecule has 0 bridgehead atoms. The second-order valence-corrected chi connectivity index (χ2v) is 4.00. The number of rotatable bonds is 3. The maximum absolute atomic E-state index is 8.93. The van der Waals surface area contributed by atoms with Gasteiger partial charge in [0.05, 0.1) is 5.57 Å². The van der Waals surface area contributed by atoms with Crippen molar-refractivity contribution < 1.29 is 0 Å². The van der Waals surface area contributed by atoms with Crippen molar-refractivity contribution in [3.8, 4) is 6.07 Å². The second-order valence-electron chi connectivity index (χ2n) is 3.05. The summed E-state index contributed by atoms with van der Waals surface area (Å²) >= 11 is 1.62. The Morgan fingerprint density at radius 2 is 2.54 bits per heavy atom. The normalized spacial score (nSPS) is 13.8. The van der Waals surface area contributed by atoms with Gasteiger partial charge in [0.15, 0.2) is 0 Å². The van der Waals surface area contributed by atoms with E-state index in [1.165, 1.54) is 0 Å². The molecule has 1 nitrogen and oxygen atoms in total. The predicted molar refractivity (Wildman–Crippen MR) is 57.4 cm³/mol. The topological polar surface area (TPSA) is 23.8 Å². The Bertz CT molecular complexity index is 316. The van der Waals surface area contributed by atoms with Crippen LogP contribution in [0.5, 0.6) is 0 Å². The molecule has 13 heavy (non-hydrogen) atoms. The standard InChI is InChI=1S/C11H13NS/c1-3-9(2)7-10(8-12)11-5-4-6-13-11/h4-7,9H,3H2,1-2H3/b10-7+. The van der Waals surface area contributed by atoms with E-state index >= 15 is 0 Å². The molecule has 68 valence electrons. The molecule has 2 heteroatoms. The highest BCUT2D eigenvalue weighted by Crippen LogP contribution is 2.21. The number of allylic oxidation sites excluding steroid dienone is 2. The lowest BCUT2D eigenvalue weighted by atomic mass is 10.1. The first-order valence-electron chi connectivity index (χ1n) is 4.43. The molecule has 1 unspecified atom stereocenters. The molecular weight excluding hydrogens is 178 g/mol. The number of nitriles is 1. The van der Waals surface area contributed by atoms with E-state index in [9.17, 15) is 0 Å². The molecule has 0 aliphatic heterocycles. The maximum atomic E-state index is 8.93. The highest BCUT2D eigenvalue weighted by molar-refractivity contribution is 7.11. The minimum Gasteiger partial charge on any atom is -0.192 e. The van der Waals surface area contributed by atoms with E-state index in [1.54, 1.807) is 11.3 Å². The molecule has 1 heterocycles. The molecule has 1 aromatic rings. The van der Waals surface area contributed by atoms with Crippen LogP contribution in [0.3, 0.4) is 0 Å². The highest BCUT2D eigenvalue weighted by atomic mass is 32.1. The first kappa shape index (κ1) is 10.0.